The van der Waals surface area contributed by atoms with Crippen LogP contribution in [0.1, 0.15) is 33.1 Å². The summed E-state index contributed by atoms with van der Waals surface area (Å²) in [6.07, 6.45) is 3.23. The first-order chi connectivity index (χ1) is 6.17. The van der Waals surface area contributed by atoms with Crippen LogP contribution in [0.5, 0.6) is 0 Å². The summed E-state index contributed by atoms with van der Waals surface area (Å²) < 4.78 is 0. The second-order valence-corrected chi connectivity index (χ2v) is 4.43. The molecular formula is C10H18N2O. The molecule has 74 valence electrons. The lowest BCUT2D eigenvalue weighted by atomic mass is 9.93. The number of carbonyl (C=O) groups excluding carboxylic acids is 1. The fraction of sp³-hybridized carbons (Fsp3) is 0.900. The number of nitrogens with one attached hydrogen (secondary N) is 1. The van der Waals surface area contributed by atoms with Crippen LogP contribution in [0.15, 0.2) is 0 Å². The lowest BCUT2D eigenvalue weighted by Gasteiger charge is -2.35. The van der Waals surface area contributed by atoms with Gasteiger partial charge >= 0.3 is 0 Å². The van der Waals surface area contributed by atoms with Crippen LogP contribution in [0.3, 0.4) is 0 Å². The average Bonchev–Trinajstić information content (AvgIpc) is 2.62. The van der Waals surface area contributed by atoms with E-state index in [0.29, 0.717) is 6.04 Å². The largest absolute Gasteiger partial charge is 0.354 e. The minimum absolute atomic E-state index is 0.131. The quantitative estimate of drug-likeness (QED) is 0.649. The molecule has 0 radical (unpaired) electrons. The van der Waals surface area contributed by atoms with Gasteiger partial charge in [0.1, 0.15) is 5.54 Å². The summed E-state index contributed by atoms with van der Waals surface area (Å²) in [5, 5.41) is 2.96. The zero-order valence-corrected chi connectivity index (χ0v) is 8.47. The molecule has 1 unspecified atom stereocenters. The van der Waals surface area contributed by atoms with Gasteiger partial charge in [-0.15, -0.1) is 0 Å². The summed E-state index contributed by atoms with van der Waals surface area (Å²) in [6.45, 7) is 6.31. The van der Waals surface area contributed by atoms with Crippen molar-refractivity contribution in [1.82, 2.24) is 10.2 Å². The summed E-state index contributed by atoms with van der Waals surface area (Å²) in [6, 6.07) is 0.492. The second-order valence-electron chi connectivity index (χ2n) is 4.43. The van der Waals surface area contributed by atoms with Crippen molar-refractivity contribution in [3.05, 3.63) is 0 Å². The third-order valence-corrected chi connectivity index (χ3v) is 3.41. The maximum atomic E-state index is 11.8. The Morgan fingerprint density at radius 1 is 1.46 bits per heavy atom. The summed E-state index contributed by atoms with van der Waals surface area (Å²) in [5.41, 5.74) is -0.131. The first-order valence-corrected chi connectivity index (χ1v) is 5.22. The van der Waals surface area contributed by atoms with E-state index in [-0.39, 0.29) is 11.4 Å². The van der Waals surface area contributed by atoms with Gasteiger partial charge in [-0.3, -0.25) is 9.69 Å². The molecular weight excluding hydrogens is 164 g/mol. The fourth-order valence-corrected chi connectivity index (χ4v) is 2.83. The molecule has 2 fully saturated rings. The second kappa shape index (κ2) is 2.98. The fourth-order valence-electron chi connectivity index (χ4n) is 2.83. The van der Waals surface area contributed by atoms with Crippen molar-refractivity contribution in [2.45, 2.75) is 44.7 Å². The minimum atomic E-state index is -0.131. The Labute approximate surface area is 79.5 Å². The van der Waals surface area contributed by atoms with Gasteiger partial charge in [-0.2, -0.15) is 0 Å². The van der Waals surface area contributed by atoms with Crippen molar-refractivity contribution >= 4 is 5.91 Å². The highest BCUT2D eigenvalue weighted by atomic mass is 16.2. The van der Waals surface area contributed by atoms with Crippen LogP contribution in [0, 0.1) is 0 Å². The van der Waals surface area contributed by atoms with E-state index in [1.165, 1.54) is 6.42 Å². The molecule has 1 atom stereocenters. The van der Waals surface area contributed by atoms with Crippen LogP contribution in [0.4, 0.5) is 0 Å². The number of hydrogen-bond donors (Lipinski definition) is 1. The highest BCUT2D eigenvalue weighted by Crippen LogP contribution is 2.36. The van der Waals surface area contributed by atoms with E-state index in [0.717, 1.165) is 25.9 Å². The lowest BCUT2D eigenvalue weighted by Crippen LogP contribution is -2.52. The predicted molar refractivity (Wildman–Crippen MR) is 51.4 cm³/mol. The Kier molecular flexibility index (Phi) is 2.06. The third-order valence-electron chi connectivity index (χ3n) is 3.41. The van der Waals surface area contributed by atoms with Gasteiger partial charge in [0.05, 0.1) is 0 Å². The van der Waals surface area contributed by atoms with Gasteiger partial charge < -0.3 is 5.32 Å². The van der Waals surface area contributed by atoms with Gasteiger partial charge in [-0.25, -0.2) is 0 Å². The summed E-state index contributed by atoms with van der Waals surface area (Å²) in [7, 11) is 0. The molecule has 3 heteroatoms. The van der Waals surface area contributed by atoms with E-state index in [1.807, 2.05) is 0 Å². The van der Waals surface area contributed by atoms with Crippen LogP contribution in [0.25, 0.3) is 0 Å². The minimum Gasteiger partial charge on any atom is -0.354 e. The molecule has 2 heterocycles. The molecule has 0 aromatic carbocycles. The Bertz CT molecular complexity index is 223. The normalized spacial score (nSPS) is 34.8. The van der Waals surface area contributed by atoms with Gasteiger partial charge in [0.25, 0.3) is 0 Å². The molecule has 1 spiro atoms. The van der Waals surface area contributed by atoms with Crippen molar-refractivity contribution < 1.29 is 4.79 Å². The van der Waals surface area contributed by atoms with Crippen LogP contribution in [-0.2, 0) is 4.79 Å². The standard InChI is InChI=1S/C10H18N2O/c1-8(2)12-7-3-4-10(12)5-6-11-9(10)13/h8H,3-7H2,1-2H3,(H,11,13). The highest BCUT2D eigenvalue weighted by Gasteiger charge is 2.50. The molecule has 0 bridgehead atoms. The number of nitrogens with zero attached hydrogens (tertiary/aromatic N) is 1. The van der Waals surface area contributed by atoms with Crippen LogP contribution in [0.2, 0.25) is 0 Å². The molecule has 0 aliphatic carbocycles. The molecule has 1 amide bonds. The predicted octanol–water partition coefficient (Wildman–Crippen LogP) is 0.749. The zero-order valence-electron chi connectivity index (χ0n) is 8.47. The Balaban J connectivity index is 2.24. The van der Waals surface area contributed by atoms with E-state index in [4.69, 9.17) is 0 Å². The van der Waals surface area contributed by atoms with Gasteiger partial charge in [-0.05, 0) is 39.7 Å². The molecule has 2 saturated heterocycles. The number of carbonyl (C=O) groups is 1. The molecule has 1 N–H and O–H groups in total. The van der Waals surface area contributed by atoms with E-state index >= 15 is 0 Å². The summed E-state index contributed by atoms with van der Waals surface area (Å²) >= 11 is 0. The number of rotatable bonds is 1. The van der Waals surface area contributed by atoms with Gasteiger partial charge in [0.2, 0.25) is 5.91 Å². The summed E-state index contributed by atoms with van der Waals surface area (Å²) in [4.78, 5) is 14.1. The number of hydrogen-bond acceptors (Lipinski definition) is 2. The third kappa shape index (κ3) is 1.17. The Morgan fingerprint density at radius 2 is 2.23 bits per heavy atom. The smallest absolute Gasteiger partial charge is 0.240 e. The van der Waals surface area contributed by atoms with Crippen molar-refractivity contribution in [3.63, 3.8) is 0 Å². The average molecular weight is 182 g/mol. The number of likely N-dealkylation sites (tertiary alicyclic amines) is 1. The maximum absolute atomic E-state index is 11.8. The van der Waals surface area contributed by atoms with Crippen LogP contribution in [-0.4, -0.2) is 35.5 Å². The van der Waals surface area contributed by atoms with Crippen LogP contribution < -0.4 is 5.32 Å². The van der Waals surface area contributed by atoms with Crippen molar-refractivity contribution in [2.75, 3.05) is 13.1 Å². The van der Waals surface area contributed by atoms with E-state index < -0.39 is 0 Å². The molecule has 13 heavy (non-hydrogen) atoms. The van der Waals surface area contributed by atoms with E-state index in [2.05, 4.69) is 24.1 Å². The first kappa shape index (κ1) is 9.00. The molecule has 0 aromatic rings. The van der Waals surface area contributed by atoms with Crippen molar-refractivity contribution in [1.29, 1.82) is 0 Å². The topological polar surface area (TPSA) is 32.3 Å². The molecule has 3 nitrogen and oxygen atoms in total. The summed E-state index contributed by atoms with van der Waals surface area (Å²) in [5.74, 6) is 0.263. The first-order valence-electron chi connectivity index (χ1n) is 5.22. The molecule has 0 aromatic heterocycles. The lowest BCUT2D eigenvalue weighted by molar-refractivity contribution is -0.129. The van der Waals surface area contributed by atoms with Crippen LogP contribution >= 0.6 is 0 Å². The SMILES string of the molecule is CC(C)N1CCCC12CCNC2=O. The van der Waals surface area contributed by atoms with E-state index in [9.17, 15) is 4.79 Å². The molecule has 0 saturated carbocycles. The highest BCUT2D eigenvalue weighted by molar-refractivity contribution is 5.88. The monoisotopic (exact) mass is 182 g/mol. The van der Waals surface area contributed by atoms with Crippen molar-refractivity contribution in [3.8, 4) is 0 Å². The Hall–Kier alpha value is -0.570. The Morgan fingerprint density at radius 3 is 2.77 bits per heavy atom. The molecule has 2 aliphatic heterocycles. The molecule has 2 aliphatic rings. The van der Waals surface area contributed by atoms with E-state index in [1.54, 1.807) is 0 Å². The van der Waals surface area contributed by atoms with Gasteiger partial charge in [0.15, 0.2) is 0 Å². The molecule has 2 rings (SSSR count). The van der Waals surface area contributed by atoms with Gasteiger partial charge in [-0.1, -0.05) is 0 Å². The van der Waals surface area contributed by atoms with Gasteiger partial charge in [0, 0.05) is 12.6 Å². The maximum Gasteiger partial charge on any atom is 0.240 e. The zero-order chi connectivity index (χ0) is 9.47. The van der Waals surface area contributed by atoms with Crippen molar-refractivity contribution in [2.24, 2.45) is 0 Å². The number of amides is 1.